The zero-order valence-corrected chi connectivity index (χ0v) is 16.2. The lowest BCUT2D eigenvalue weighted by Gasteiger charge is -2.10. The van der Waals surface area contributed by atoms with Crippen LogP contribution in [0, 0.1) is 0 Å². The average Bonchev–Trinajstić information content (AvgIpc) is 3.12. The molecule has 0 unspecified atom stereocenters. The Balaban J connectivity index is 1.73. The van der Waals surface area contributed by atoms with E-state index in [4.69, 9.17) is 0 Å². The van der Waals surface area contributed by atoms with Crippen molar-refractivity contribution in [2.24, 2.45) is 0 Å². The minimum absolute atomic E-state index is 0.877. The van der Waals surface area contributed by atoms with E-state index >= 15 is 0 Å². The summed E-state index contributed by atoms with van der Waals surface area (Å²) >= 11 is 1.79. The van der Waals surface area contributed by atoms with Crippen molar-refractivity contribution in [3.63, 3.8) is 0 Å². The number of rotatable bonds is 10. The van der Waals surface area contributed by atoms with Crippen molar-refractivity contribution in [2.45, 2.75) is 50.6 Å². The monoisotopic (exact) mass is 366 g/mol. The molecule has 2 aromatic heterocycles. The first-order valence-electron chi connectivity index (χ1n) is 9.44. The third-order valence-electron chi connectivity index (χ3n) is 4.32. The van der Waals surface area contributed by atoms with Crippen LogP contribution in [0.25, 0.3) is 17.1 Å². The number of thioether (sulfide) groups is 1. The Hall–Kier alpha value is -2.14. The lowest BCUT2D eigenvalue weighted by atomic mass is 10.1. The van der Waals surface area contributed by atoms with Gasteiger partial charge in [0.25, 0.3) is 0 Å². The third-order valence-corrected chi connectivity index (χ3v) is 5.33. The lowest BCUT2D eigenvalue weighted by Crippen LogP contribution is -2.00. The smallest absolute Gasteiger partial charge is 0.196 e. The molecule has 136 valence electrons. The van der Waals surface area contributed by atoms with Gasteiger partial charge in [-0.05, 0) is 18.6 Å². The fourth-order valence-corrected chi connectivity index (χ4v) is 3.86. The van der Waals surface area contributed by atoms with E-state index in [0.29, 0.717) is 0 Å². The summed E-state index contributed by atoms with van der Waals surface area (Å²) in [4.78, 5) is 4.14. The molecule has 0 fully saturated rings. The Morgan fingerprint density at radius 1 is 0.846 bits per heavy atom. The van der Waals surface area contributed by atoms with E-state index in [0.717, 1.165) is 28.0 Å². The molecule has 0 saturated heterocycles. The minimum atomic E-state index is 0.877. The molecule has 3 rings (SSSR count). The molecule has 3 aromatic rings. The number of aromatic nitrogens is 4. The fraction of sp³-hybridized carbons (Fsp3) is 0.381. The summed E-state index contributed by atoms with van der Waals surface area (Å²) in [7, 11) is 0. The van der Waals surface area contributed by atoms with E-state index in [-0.39, 0.29) is 0 Å². The van der Waals surface area contributed by atoms with Crippen LogP contribution in [0.5, 0.6) is 0 Å². The van der Waals surface area contributed by atoms with E-state index in [1.807, 2.05) is 42.7 Å². The Bertz CT molecular complexity index is 771. The first-order chi connectivity index (χ1) is 12.9. The molecule has 0 atom stereocenters. The van der Waals surface area contributed by atoms with Gasteiger partial charge in [-0.15, -0.1) is 10.2 Å². The van der Waals surface area contributed by atoms with E-state index < -0.39 is 0 Å². The predicted molar refractivity (Wildman–Crippen MR) is 109 cm³/mol. The minimum Gasteiger partial charge on any atom is -0.270 e. The number of benzene rings is 1. The van der Waals surface area contributed by atoms with Gasteiger partial charge < -0.3 is 0 Å². The number of nitrogens with zero attached hydrogens (tertiary/aromatic N) is 4. The second-order valence-corrected chi connectivity index (χ2v) is 7.39. The van der Waals surface area contributed by atoms with Gasteiger partial charge in [-0.2, -0.15) is 0 Å². The predicted octanol–water partition coefficient (Wildman–Crippen LogP) is 5.78. The molecule has 0 radical (unpaired) electrons. The summed E-state index contributed by atoms with van der Waals surface area (Å²) in [5.41, 5.74) is 2.12. The largest absolute Gasteiger partial charge is 0.270 e. The molecule has 0 bridgehead atoms. The maximum atomic E-state index is 4.47. The summed E-state index contributed by atoms with van der Waals surface area (Å²) < 4.78 is 2.14. The number of hydrogen-bond acceptors (Lipinski definition) is 4. The zero-order chi connectivity index (χ0) is 18.0. The van der Waals surface area contributed by atoms with Gasteiger partial charge >= 0.3 is 0 Å². The molecule has 0 amide bonds. The van der Waals surface area contributed by atoms with Crippen molar-refractivity contribution in [3.8, 4) is 17.1 Å². The summed E-state index contributed by atoms with van der Waals surface area (Å²) in [6.07, 6.45) is 11.5. The average molecular weight is 367 g/mol. The van der Waals surface area contributed by atoms with Crippen molar-refractivity contribution in [3.05, 3.63) is 54.9 Å². The van der Waals surface area contributed by atoms with Crippen LogP contribution in [0.1, 0.15) is 45.4 Å². The number of unbranched alkanes of at least 4 members (excludes halogenated alkanes) is 5. The normalized spacial score (nSPS) is 11.0. The van der Waals surface area contributed by atoms with Gasteiger partial charge in [-0.25, -0.2) is 0 Å². The molecule has 2 heterocycles. The van der Waals surface area contributed by atoms with Gasteiger partial charge in [0, 0.05) is 23.7 Å². The molecule has 0 aliphatic carbocycles. The van der Waals surface area contributed by atoms with Crippen LogP contribution in [-0.2, 0) is 0 Å². The molecule has 4 nitrogen and oxygen atoms in total. The number of hydrogen-bond donors (Lipinski definition) is 0. The summed E-state index contributed by atoms with van der Waals surface area (Å²) in [6, 6.07) is 14.2. The maximum absolute atomic E-state index is 4.47. The molecular formula is C21H26N4S. The first kappa shape index (κ1) is 18.6. The molecule has 1 aromatic carbocycles. The van der Waals surface area contributed by atoms with Crippen molar-refractivity contribution >= 4 is 11.8 Å². The number of pyridine rings is 1. The van der Waals surface area contributed by atoms with Crippen LogP contribution in [0.3, 0.4) is 0 Å². The van der Waals surface area contributed by atoms with Crippen molar-refractivity contribution in [1.29, 1.82) is 0 Å². The van der Waals surface area contributed by atoms with Gasteiger partial charge in [0.05, 0.1) is 5.69 Å². The third kappa shape index (κ3) is 4.94. The SMILES string of the molecule is CCCCCCCCSc1nnc(-c2ccccc2)n1-c1ccncc1. The molecule has 26 heavy (non-hydrogen) atoms. The van der Waals surface area contributed by atoms with Crippen molar-refractivity contribution < 1.29 is 0 Å². The molecule has 0 saturated carbocycles. The molecule has 0 spiro atoms. The van der Waals surface area contributed by atoms with E-state index in [1.165, 1.54) is 38.5 Å². The fourth-order valence-electron chi connectivity index (χ4n) is 2.91. The van der Waals surface area contributed by atoms with Gasteiger partial charge in [0.2, 0.25) is 0 Å². The van der Waals surface area contributed by atoms with E-state index in [9.17, 15) is 0 Å². The summed E-state index contributed by atoms with van der Waals surface area (Å²) in [6.45, 7) is 2.26. The first-order valence-corrected chi connectivity index (χ1v) is 10.4. The molecular weight excluding hydrogens is 340 g/mol. The zero-order valence-electron chi connectivity index (χ0n) is 15.3. The highest BCUT2D eigenvalue weighted by Crippen LogP contribution is 2.28. The van der Waals surface area contributed by atoms with Crippen LogP contribution in [-0.4, -0.2) is 25.5 Å². The Morgan fingerprint density at radius 3 is 2.35 bits per heavy atom. The summed E-state index contributed by atoms with van der Waals surface area (Å²) in [5.74, 6) is 1.95. The van der Waals surface area contributed by atoms with Crippen LogP contribution >= 0.6 is 11.8 Å². The molecule has 5 heteroatoms. The topological polar surface area (TPSA) is 43.6 Å². The quantitative estimate of drug-likeness (QED) is 0.337. The molecule has 0 aliphatic heterocycles. The van der Waals surface area contributed by atoms with Crippen LogP contribution in [0.4, 0.5) is 0 Å². The van der Waals surface area contributed by atoms with Crippen molar-refractivity contribution in [2.75, 3.05) is 5.75 Å². The second-order valence-electron chi connectivity index (χ2n) is 6.33. The van der Waals surface area contributed by atoms with Gasteiger partial charge in [-0.3, -0.25) is 9.55 Å². The highest BCUT2D eigenvalue weighted by Gasteiger charge is 2.15. The Kier molecular flexibility index (Phi) is 7.25. The highest BCUT2D eigenvalue weighted by atomic mass is 32.2. The van der Waals surface area contributed by atoms with E-state index in [1.54, 1.807) is 11.8 Å². The standard InChI is InChI=1S/C21H26N4S/c1-2-3-4-5-6-10-17-26-21-24-23-20(18-11-8-7-9-12-18)25(21)19-13-15-22-16-14-19/h7-9,11-16H,2-6,10,17H2,1H3. The van der Waals surface area contributed by atoms with Crippen molar-refractivity contribution in [1.82, 2.24) is 19.7 Å². The van der Waals surface area contributed by atoms with E-state index in [2.05, 4.69) is 38.8 Å². The van der Waals surface area contributed by atoms with Gasteiger partial charge in [-0.1, -0.05) is 81.1 Å². The van der Waals surface area contributed by atoms with Gasteiger partial charge in [0.1, 0.15) is 0 Å². The van der Waals surface area contributed by atoms with Crippen LogP contribution in [0.2, 0.25) is 0 Å². The lowest BCUT2D eigenvalue weighted by molar-refractivity contribution is 0.626. The Labute approximate surface area is 160 Å². The second kappa shape index (κ2) is 10.1. The summed E-state index contributed by atoms with van der Waals surface area (Å²) in [5, 5.41) is 9.89. The maximum Gasteiger partial charge on any atom is 0.196 e. The van der Waals surface area contributed by atoms with Crippen LogP contribution in [0.15, 0.2) is 60.0 Å². The Morgan fingerprint density at radius 2 is 1.58 bits per heavy atom. The molecule has 0 aliphatic rings. The van der Waals surface area contributed by atoms with Gasteiger partial charge in [0.15, 0.2) is 11.0 Å². The van der Waals surface area contributed by atoms with Crippen LogP contribution < -0.4 is 0 Å². The highest BCUT2D eigenvalue weighted by molar-refractivity contribution is 7.99. The molecule has 0 N–H and O–H groups in total.